The summed E-state index contributed by atoms with van der Waals surface area (Å²) in [4.78, 5) is 10.4. The molecule has 0 atom stereocenters. The molecule has 0 aliphatic heterocycles. The molecule has 0 bridgehead atoms. The molecule has 0 saturated heterocycles. The van der Waals surface area contributed by atoms with Gasteiger partial charge in [0.15, 0.2) is 0 Å². The van der Waals surface area contributed by atoms with Gasteiger partial charge < -0.3 is 14.6 Å². The number of methoxy groups -OCH3 is 1. The van der Waals surface area contributed by atoms with Crippen molar-refractivity contribution in [2.45, 2.75) is 6.92 Å². The number of hydrogen-bond acceptors (Lipinski definition) is 3. The largest absolute Gasteiger partial charge is 0.504 e. The van der Waals surface area contributed by atoms with E-state index in [1.807, 2.05) is 0 Å². The molecule has 0 saturated carbocycles. The molecule has 64 valence electrons. The van der Waals surface area contributed by atoms with Crippen LogP contribution in [-0.4, -0.2) is 31.4 Å². The van der Waals surface area contributed by atoms with E-state index in [0.29, 0.717) is 6.61 Å². The fourth-order valence-corrected chi connectivity index (χ4v) is 0.500. The van der Waals surface area contributed by atoms with Gasteiger partial charge in [-0.05, 0) is 6.92 Å². The third kappa shape index (κ3) is 4.38. The Labute approximate surface area is 65.4 Å². The van der Waals surface area contributed by atoms with E-state index in [2.05, 4.69) is 4.74 Å². The summed E-state index contributed by atoms with van der Waals surface area (Å²) in [7, 11) is 1.40. The number of hydrogen-bond donors (Lipinski definition) is 1. The molecule has 0 spiro atoms. The van der Waals surface area contributed by atoms with Gasteiger partial charge in [0.2, 0.25) is 0 Å². The maximum atomic E-state index is 10.4. The topological polar surface area (TPSA) is 55.8 Å². The van der Waals surface area contributed by atoms with Crippen molar-refractivity contribution in [1.82, 2.24) is 0 Å². The van der Waals surface area contributed by atoms with Gasteiger partial charge in [0, 0.05) is 6.61 Å². The molecule has 0 aromatic rings. The quantitative estimate of drug-likeness (QED) is 0.473. The minimum Gasteiger partial charge on any atom is -0.504 e. The van der Waals surface area contributed by atoms with Gasteiger partial charge in [0.25, 0.3) is 0 Å². The zero-order chi connectivity index (χ0) is 8.69. The predicted molar refractivity (Wildman–Crippen MR) is 39.2 cm³/mol. The average molecular weight is 160 g/mol. The van der Waals surface area contributed by atoms with Gasteiger partial charge in [-0.1, -0.05) is 0 Å². The average Bonchev–Trinajstić information content (AvgIpc) is 1.97. The fraction of sp³-hybridized carbons (Fsp3) is 0.571. The maximum absolute atomic E-state index is 10.4. The minimum atomic E-state index is -1.01. The Morgan fingerprint density at radius 1 is 1.64 bits per heavy atom. The highest BCUT2D eigenvalue weighted by molar-refractivity contribution is 5.86. The van der Waals surface area contributed by atoms with E-state index in [1.165, 1.54) is 7.11 Å². The SMILES string of the molecule is CCOCC(=COC)C(=O)O. The summed E-state index contributed by atoms with van der Waals surface area (Å²) >= 11 is 0. The van der Waals surface area contributed by atoms with Crippen LogP contribution in [0.4, 0.5) is 0 Å². The third-order valence-corrected chi connectivity index (χ3v) is 0.996. The lowest BCUT2D eigenvalue weighted by Crippen LogP contribution is -2.08. The second kappa shape index (κ2) is 5.73. The van der Waals surface area contributed by atoms with Gasteiger partial charge in [-0.25, -0.2) is 4.79 Å². The van der Waals surface area contributed by atoms with Gasteiger partial charge in [-0.15, -0.1) is 0 Å². The molecular formula is C7H12O4. The van der Waals surface area contributed by atoms with Gasteiger partial charge in [0.05, 0.1) is 25.6 Å². The molecule has 4 heteroatoms. The van der Waals surface area contributed by atoms with E-state index in [1.54, 1.807) is 6.92 Å². The van der Waals surface area contributed by atoms with Crippen molar-refractivity contribution in [1.29, 1.82) is 0 Å². The first-order valence-electron chi connectivity index (χ1n) is 3.25. The lowest BCUT2D eigenvalue weighted by Gasteiger charge is -2.00. The molecular weight excluding hydrogens is 148 g/mol. The van der Waals surface area contributed by atoms with Crippen LogP contribution in [-0.2, 0) is 14.3 Å². The van der Waals surface area contributed by atoms with E-state index >= 15 is 0 Å². The molecule has 0 fully saturated rings. The van der Waals surface area contributed by atoms with Gasteiger partial charge in [0.1, 0.15) is 0 Å². The summed E-state index contributed by atoms with van der Waals surface area (Å²) in [5, 5.41) is 8.50. The van der Waals surface area contributed by atoms with Gasteiger partial charge in [-0.3, -0.25) is 0 Å². The van der Waals surface area contributed by atoms with E-state index in [9.17, 15) is 4.79 Å². The van der Waals surface area contributed by atoms with Crippen LogP contribution in [0.1, 0.15) is 6.92 Å². The molecule has 0 amide bonds. The monoisotopic (exact) mass is 160 g/mol. The van der Waals surface area contributed by atoms with Crippen molar-refractivity contribution in [3.05, 3.63) is 11.8 Å². The van der Waals surface area contributed by atoms with Crippen LogP contribution in [0, 0.1) is 0 Å². The second-order valence-corrected chi connectivity index (χ2v) is 1.82. The Morgan fingerprint density at radius 3 is 2.64 bits per heavy atom. The first-order valence-corrected chi connectivity index (χ1v) is 3.25. The van der Waals surface area contributed by atoms with Crippen molar-refractivity contribution >= 4 is 5.97 Å². The van der Waals surface area contributed by atoms with Crippen molar-refractivity contribution in [3.63, 3.8) is 0 Å². The Morgan fingerprint density at radius 2 is 2.27 bits per heavy atom. The Hall–Kier alpha value is -1.03. The molecule has 0 aliphatic carbocycles. The van der Waals surface area contributed by atoms with Crippen LogP contribution in [0.3, 0.4) is 0 Å². The highest BCUT2D eigenvalue weighted by atomic mass is 16.5. The normalized spacial score (nSPS) is 11.3. The number of carboxylic acids is 1. The Balaban J connectivity index is 3.90. The molecule has 0 unspecified atom stereocenters. The van der Waals surface area contributed by atoms with Gasteiger partial charge in [-0.2, -0.15) is 0 Å². The minimum absolute atomic E-state index is 0.0830. The molecule has 0 aromatic carbocycles. The molecule has 11 heavy (non-hydrogen) atoms. The summed E-state index contributed by atoms with van der Waals surface area (Å²) in [6, 6.07) is 0. The molecule has 0 aliphatic rings. The van der Waals surface area contributed by atoms with Crippen molar-refractivity contribution in [3.8, 4) is 0 Å². The van der Waals surface area contributed by atoms with E-state index in [0.717, 1.165) is 6.26 Å². The lowest BCUT2D eigenvalue weighted by molar-refractivity contribution is -0.133. The standard InChI is InChI=1S/C7H12O4/c1-3-11-5-6(4-10-2)7(8)9/h4H,3,5H2,1-2H3,(H,8,9). The van der Waals surface area contributed by atoms with Crippen molar-refractivity contribution < 1.29 is 19.4 Å². The van der Waals surface area contributed by atoms with E-state index in [4.69, 9.17) is 9.84 Å². The summed E-state index contributed by atoms with van der Waals surface area (Å²) in [5.41, 5.74) is 0.120. The van der Waals surface area contributed by atoms with Gasteiger partial charge >= 0.3 is 5.97 Å². The Kier molecular flexibility index (Phi) is 5.20. The molecule has 0 aromatic heterocycles. The molecule has 0 radical (unpaired) electrons. The highest BCUT2D eigenvalue weighted by Crippen LogP contribution is 1.95. The Bertz CT molecular complexity index is 151. The van der Waals surface area contributed by atoms with Crippen LogP contribution in [0.5, 0.6) is 0 Å². The van der Waals surface area contributed by atoms with E-state index < -0.39 is 5.97 Å². The van der Waals surface area contributed by atoms with Crippen LogP contribution < -0.4 is 0 Å². The zero-order valence-electron chi connectivity index (χ0n) is 6.66. The number of rotatable bonds is 5. The molecule has 0 heterocycles. The molecule has 4 nitrogen and oxygen atoms in total. The summed E-state index contributed by atoms with van der Waals surface area (Å²) in [6.45, 7) is 2.38. The number of carbonyl (C=O) groups is 1. The van der Waals surface area contributed by atoms with E-state index in [-0.39, 0.29) is 12.2 Å². The maximum Gasteiger partial charge on any atom is 0.337 e. The number of ether oxygens (including phenoxy) is 2. The molecule has 1 N–H and O–H groups in total. The first-order chi connectivity index (χ1) is 5.22. The third-order valence-electron chi connectivity index (χ3n) is 0.996. The summed E-state index contributed by atoms with van der Waals surface area (Å²) in [5.74, 6) is -1.01. The summed E-state index contributed by atoms with van der Waals surface area (Å²) < 4.78 is 9.42. The van der Waals surface area contributed by atoms with Crippen LogP contribution >= 0.6 is 0 Å². The second-order valence-electron chi connectivity index (χ2n) is 1.82. The zero-order valence-corrected chi connectivity index (χ0v) is 6.66. The highest BCUT2D eigenvalue weighted by Gasteiger charge is 2.06. The van der Waals surface area contributed by atoms with Crippen molar-refractivity contribution in [2.75, 3.05) is 20.3 Å². The number of carboxylic acid groups (broad SMARTS) is 1. The van der Waals surface area contributed by atoms with Crippen molar-refractivity contribution in [2.24, 2.45) is 0 Å². The molecule has 0 rings (SSSR count). The summed E-state index contributed by atoms with van der Waals surface area (Å²) in [6.07, 6.45) is 1.16. The smallest absolute Gasteiger partial charge is 0.337 e. The fourth-order valence-electron chi connectivity index (χ4n) is 0.500. The lowest BCUT2D eigenvalue weighted by atomic mass is 10.3. The predicted octanol–water partition coefficient (Wildman–Crippen LogP) is 0.638. The first kappa shape index (κ1) is 9.97. The van der Waals surface area contributed by atoms with Crippen LogP contribution in [0.25, 0.3) is 0 Å². The number of aliphatic carboxylic acids is 1. The van der Waals surface area contributed by atoms with Crippen LogP contribution in [0.2, 0.25) is 0 Å². The van der Waals surface area contributed by atoms with Crippen LogP contribution in [0.15, 0.2) is 11.8 Å².